The Bertz CT molecular complexity index is 41.3. The fourth-order valence-corrected chi connectivity index (χ4v) is 0. The molecule has 0 spiro atoms. The van der Waals surface area contributed by atoms with E-state index >= 15 is 0 Å². The maximum absolute atomic E-state index is 7.10. The second kappa shape index (κ2) is 23.7. The highest BCUT2D eigenvalue weighted by Gasteiger charge is 1.36. The van der Waals surface area contributed by atoms with E-state index in [1.165, 1.54) is 6.19 Å². The molecule has 0 fully saturated rings. The SMILES string of the molecule is N#CN.OSO. The summed E-state index contributed by atoms with van der Waals surface area (Å²) in [5.74, 6) is 0. The van der Waals surface area contributed by atoms with Crippen LogP contribution < -0.4 is 5.73 Å². The van der Waals surface area contributed by atoms with Crippen molar-refractivity contribution in [2.24, 2.45) is 5.73 Å². The van der Waals surface area contributed by atoms with Gasteiger partial charge in [0.05, 0.1) is 0 Å². The van der Waals surface area contributed by atoms with Gasteiger partial charge < -0.3 is 14.8 Å². The Hall–Kier alpha value is -0.440. The summed E-state index contributed by atoms with van der Waals surface area (Å²) in [6.07, 6.45) is 1.25. The first-order chi connectivity index (χ1) is 2.83. The zero-order valence-corrected chi connectivity index (χ0v) is 3.64. The molecule has 0 bridgehead atoms. The van der Waals surface area contributed by atoms with Crippen LogP contribution >= 0.6 is 12.3 Å². The van der Waals surface area contributed by atoms with Crippen LogP contribution in [-0.2, 0) is 0 Å². The predicted molar refractivity (Wildman–Crippen MR) is 22.6 cm³/mol. The Morgan fingerprint density at radius 2 is 1.67 bits per heavy atom. The molecule has 0 aliphatic rings. The Morgan fingerprint density at radius 3 is 1.67 bits per heavy atom. The van der Waals surface area contributed by atoms with Crippen molar-refractivity contribution in [1.29, 1.82) is 5.26 Å². The number of nitrogens with two attached hydrogens (primary N) is 1. The first kappa shape index (κ1) is 9.12. The largest absolute Gasteiger partial charge is 0.337 e. The smallest absolute Gasteiger partial charge is 0.173 e. The van der Waals surface area contributed by atoms with Crippen LogP contribution in [0, 0.1) is 11.5 Å². The van der Waals surface area contributed by atoms with E-state index < -0.39 is 0 Å². The number of rotatable bonds is 0. The number of hydrogen-bond donors (Lipinski definition) is 3. The predicted octanol–water partition coefficient (Wildman–Crippen LogP) is 0.0918. The molecule has 0 aliphatic carbocycles. The third-order valence-corrected chi connectivity index (χ3v) is 0. The molecule has 0 aliphatic heterocycles. The van der Waals surface area contributed by atoms with Crippen molar-refractivity contribution >= 4 is 12.3 Å². The van der Waals surface area contributed by atoms with E-state index in [1.807, 2.05) is 0 Å². The molecule has 0 saturated heterocycles. The van der Waals surface area contributed by atoms with Crippen molar-refractivity contribution < 1.29 is 9.11 Å². The molecule has 0 heterocycles. The summed E-state index contributed by atoms with van der Waals surface area (Å²) in [7, 11) is 0. The van der Waals surface area contributed by atoms with Gasteiger partial charge in [-0.25, -0.2) is 0 Å². The van der Waals surface area contributed by atoms with Crippen molar-refractivity contribution in [3.8, 4) is 6.19 Å². The average molecular weight is 108 g/mol. The molecule has 4 N–H and O–H groups in total. The zero-order chi connectivity index (χ0) is 5.41. The molecule has 6 heavy (non-hydrogen) atoms. The first-order valence-electron chi connectivity index (χ1n) is 0.877. The van der Waals surface area contributed by atoms with Crippen molar-refractivity contribution in [3.63, 3.8) is 0 Å². The minimum Gasteiger partial charge on any atom is -0.337 e. The topological polar surface area (TPSA) is 90.3 Å². The summed E-state index contributed by atoms with van der Waals surface area (Å²) in [6.45, 7) is 0. The van der Waals surface area contributed by atoms with E-state index in [1.54, 1.807) is 0 Å². The summed E-state index contributed by atoms with van der Waals surface area (Å²) in [5.41, 5.74) is 4.15. The molecule has 5 heteroatoms. The van der Waals surface area contributed by atoms with Gasteiger partial charge in [-0.3, -0.25) is 0 Å². The monoisotopic (exact) mass is 108 g/mol. The van der Waals surface area contributed by atoms with Crippen molar-refractivity contribution in [1.82, 2.24) is 0 Å². The second-order valence-corrected chi connectivity index (χ2v) is 0.374. The number of nitrogens with zero attached hydrogens (tertiary/aromatic N) is 1. The fourth-order valence-electron chi connectivity index (χ4n) is 0. The van der Waals surface area contributed by atoms with Crippen molar-refractivity contribution in [3.05, 3.63) is 0 Å². The first-order valence-corrected chi connectivity index (χ1v) is 1.61. The maximum Gasteiger partial charge on any atom is 0.173 e. The van der Waals surface area contributed by atoms with E-state index in [2.05, 4.69) is 5.73 Å². The standard InChI is InChI=1S/CH2N2.H2O2S/c2-1-3;1-3-2/h2H2;1-2H. The molecule has 0 aromatic carbocycles. The molecule has 0 atom stereocenters. The molecule has 0 rings (SSSR count). The lowest BCUT2D eigenvalue weighted by atomic mass is 11.5. The van der Waals surface area contributed by atoms with Gasteiger partial charge in [0.2, 0.25) is 0 Å². The molecule has 0 aromatic heterocycles. The highest BCUT2D eigenvalue weighted by Crippen LogP contribution is 1.67. The zero-order valence-electron chi connectivity index (χ0n) is 2.83. The Labute approximate surface area is 39.6 Å². The fraction of sp³-hybridized carbons (Fsp3) is 0. The summed E-state index contributed by atoms with van der Waals surface area (Å²) in [6, 6.07) is 0. The van der Waals surface area contributed by atoms with E-state index in [0.717, 1.165) is 0 Å². The summed E-state index contributed by atoms with van der Waals surface area (Å²) < 4.78 is 14.1. The van der Waals surface area contributed by atoms with Gasteiger partial charge in [0.25, 0.3) is 0 Å². The van der Waals surface area contributed by atoms with Crippen molar-refractivity contribution in [2.45, 2.75) is 0 Å². The van der Waals surface area contributed by atoms with Crippen LogP contribution in [0.5, 0.6) is 0 Å². The van der Waals surface area contributed by atoms with Gasteiger partial charge in [-0.1, -0.05) is 0 Å². The maximum atomic E-state index is 7.10. The van der Waals surface area contributed by atoms with Gasteiger partial charge in [0, 0.05) is 0 Å². The average Bonchev–Trinajstić information content (AvgIpc) is 1.39. The molecule has 0 unspecified atom stereocenters. The van der Waals surface area contributed by atoms with Crippen LogP contribution in [0.1, 0.15) is 0 Å². The number of nitriles is 1. The van der Waals surface area contributed by atoms with Crippen molar-refractivity contribution in [2.75, 3.05) is 0 Å². The normalized spacial score (nSPS) is 4.17. The Kier molecular flexibility index (Phi) is 36.1. The number of hydrogen-bond acceptors (Lipinski definition) is 5. The van der Waals surface area contributed by atoms with Crippen LogP contribution in [0.3, 0.4) is 0 Å². The van der Waals surface area contributed by atoms with Gasteiger partial charge in [-0.2, -0.15) is 5.26 Å². The highest BCUT2D eigenvalue weighted by atomic mass is 32.2. The Balaban J connectivity index is 0. The molecule has 4 nitrogen and oxygen atoms in total. The molecule has 36 valence electrons. The molecule has 0 amide bonds. The van der Waals surface area contributed by atoms with E-state index in [0.29, 0.717) is 0 Å². The minimum atomic E-state index is -0.250. The second-order valence-electron chi connectivity index (χ2n) is 0.211. The van der Waals surface area contributed by atoms with E-state index in [4.69, 9.17) is 14.4 Å². The lowest BCUT2D eigenvalue weighted by Crippen LogP contribution is -1.69. The van der Waals surface area contributed by atoms with Gasteiger partial charge in [0.15, 0.2) is 18.5 Å². The third-order valence-electron chi connectivity index (χ3n) is 0. The summed E-state index contributed by atoms with van der Waals surface area (Å²) >= 11 is -0.250. The third kappa shape index (κ3) is 121. The van der Waals surface area contributed by atoms with Crippen LogP contribution in [-0.4, -0.2) is 9.11 Å². The molecule has 0 radical (unpaired) electrons. The molecular formula is CH4N2O2S. The molecule has 0 aromatic rings. The van der Waals surface area contributed by atoms with Crippen LogP contribution in [0.4, 0.5) is 0 Å². The van der Waals surface area contributed by atoms with Gasteiger partial charge in [0.1, 0.15) is 0 Å². The van der Waals surface area contributed by atoms with Gasteiger partial charge >= 0.3 is 0 Å². The van der Waals surface area contributed by atoms with Crippen LogP contribution in [0.15, 0.2) is 0 Å². The van der Waals surface area contributed by atoms with E-state index in [-0.39, 0.29) is 12.3 Å². The van der Waals surface area contributed by atoms with Gasteiger partial charge in [-0.15, -0.1) is 0 Å². The Morgan fingerprint density at radius 1 is 1.67 bits per heavy atom. The summed E-state index contributed by atoms with van der Waals surface area (Å²) in [5, 5.41) is 7.10. The van der Waals surface area contributed by atoms with Gasteiger partial charge in [-0.05, 0) is 0 Å². The molecule has 0 saturated carbocycles. The lowest BCUT2D eigenvalue weighted by Gasteiger charge is -1.51. The minimum absolute atomic E-state index is 0.250. The molecular weight excluding hydrogens is 104 g/mol. The summed E-state index contributed by atoms with van der Waals surface area (Å²) in [4.78, 5) is 0. The highest BCUT2D eigenvalue weighted by molar-refractivity contribution is 7.87. The quantitative estimate of drug-likeness (QED) is 0.232. The van der Waals surface area contributed by atoms with E-state index in [9.17, 15) is 0 Å². The van der Waals surface area contributed by atoms with Crippen LogP contribution in [0.25, 0.3) is 0 Å². The lowest BCUT2D eigenvalue weighted by molar-refractivity contribution is 0.541. The van der Waals surface area contributed by atoms with Crippen LogP contribution in [0.2, 0.25) is 0 Å².